The summed E-state index contributed by atoms with van der Waals surface area (Å²) in [6.07, 6.45) is 0. The molecule has 0 N–H and O–H groups in total. The summed E-state index contributed by atoms with van der Waals surface area (Å²) in [5.74, 6) is 0. The highest BCUT2D eigenvalue weighted by atomic mass is 15.0. The van der Waals surface area contributed by atoms with Crippen molar-refractivity contribution < 1.29 is 0 Å². The van der Waals surface area contributed by atoms with E-state index in [1.807, 2.05) is 0 Å². The van der Waals surface area contributed by atoms with Gasteiger partial charge in [-0.15, -0.1) is 0 Å². The van der Waals surface area contributed by atoms with Crippen LogP contribution >= 0.6 is 0 Å². The number of nitrogens with zero attached hydrogens (tertiary/aromatic N) is 2. The van der Waals surface area contributed by atoms with Gasteiger partial charge in [0, 0.05) is 32.9 Å². The molecule has 2 aromatic heterocycles. The molecule has 0 saturated carbocycles. The smallest absolute Gasteiger partial charge is 0.0547 e. The number of para-hydroxylation sites is 2. The van der Waals surface area contributed by atoms with Crippen LogP contribution in [0.25, 0.3) is 88.4 Å². The molecule has 0 unspecified atom stereocenters. The van der Waals surface area contributed by atoms with Gasteiger partial charge in [-0.2, -0.15) is 0 Å². The SMILES string of the molecule is CC1(C)c2cccc(-c3ccc(-n4c5ccccc5c5ccc(-c6ccc7c8ccccc8n(-c8cccc(-c9ccccc9)c8)c7c6)cc54)cc3)c2C(C)(C)C1(C)C. The largest absolute Gasteiger partial charge is 0.309 e. The Hall–Kier alpha value is -6.64. The predicted molar refractivity (Wildman–Crippen MR) is 251 cm³/mol. The van der Waals surface area contributed by atoms with Crippen LogP contribution in [0.2, 0.25) is 0 Å². The summed E-state index contributed by atoms with van der Waals surface area (Å²) in [4.78, 5) is 0. The van der Waals surface area contributed by atoms with Crippen LogP contribution in [0.1, 0.15) is 52.7 Å². The van der Waals surface area contributed by atoms with E-state index in [1.165, 1.54) is 93.8 Å². The Morgan fingerprint density at radius 1 is 0.322 bits per heavy atom. The van der Waals surface area contributed by atoms with Gasteiger partial charge in [0.1, 0.15) is 0 Å². The Morgan fingerprint density at radius 3 is 1.44 bits per heavy atom. The van der Waals surface area contributed by atoms with Crippen molar-refractivity contribution in [3.8, 4) is 44.8 Å². The van der Waals surface area contributed by atoms with Crippen molar-refractivity contribution >= 4 is 43.6 Å². The Morgan fingerprint density at radius 2 is 0.814 bits per heavy atom. The second-order valence-electron chi connectivity index (χ2n) is 18.2. The van der Waals surface area contributed by atoms with Crippen LogP contribution < -0.4 is 0 Å². The quantitative estimate of drug-likeness (QED) is 0.165. The number of aromatic nitrogens is 2. The zero-order valence-electron chi connectivity index (χ0n) is 34.7. The zero-order chi connectivity index (χ0) is 40.3. The van der Waals surface area contributed by atoms with Crippen molar-refractivity contribution in [2.24, 2.45) is 5.41 Å². The van der Waals surface area contributed by atoms with Gasteiger partial charge < -0.3 is 9.13 Å². The Balaban J connectivity index is 1.05. The molecule has 2 heterocycles. The predicted octanol–water partition coefficient (Wildman–Crippen LogP) is 15.5. The maximum absolute atomic E-state index is 2.45. The summed E-state index contributed by atoms with van der Waals surface area (Å²) in [6, 6.07) is 67.5. The molecular weight excluding hydrogens is 713 g/mol. The highest BCUT2D eigenvalue weighted by Gasteiger charge is 2.57. The molecule has 0 bridgehead atoms. The van der Waals surface area contributed by atoms with E-state index in [0.29, 0.717) is 0 Å². The third-order valence-electron chi connectivity index (χ3n) is 14.8. The molecule has 0 spiro atoms. The van der Waals surface area contributed by atoms with E-state index in [0.717, 1.165) is 5.69 Å². The van der Waals surface area contributed by atoms with Gasteiger partial charge >= 0.3 is 0 Å². The molecule has 2 nitrogen and oxygen atoms in total. The second-order valence-corrected chi connectivity index (χ2v) is 18.2. The van der Waals surface area contributed by atoms with Gasteiger partial charge in [-0.1, -0.05) is 175 Å². The normalized spacial score (nSPS) is 15.4. The number of fused-ring (bicyclic) bond motifs is 7. The maximum Gasteiger partial charge on any atom is 0.0547 e. The summed E-state index contributed by atoms with van der Waals surface area (Å²) in [5, 5.41) is 5.03. The van der Waals surface area contributed by atoms with E-state index in [4.69, 9.17) is 0 Å². The zero-order valence-corrected chi connectivity index (χ0v) is 34.7. The third kappa shape index (κ3) is 5.05. The second kappa shape index (κ2) is 12.7. The molecule has 11 rings (SSSR count). The van der Waals surface area contributed by atoms with Gasteiger partial charge in [0.05, 0.1) is 22.1 Å². The third-order valence-corrected chi connectivity index (χ3v) is 14.8. The average Bonchev–Trinajstić information content (AvgIpc) is 3.81. The maximum atomic E-state index is 2.45. The lowest BCUT2D eigenvalue weighted by molar-refractivity contribution is 0.125. The number of rotatable bonds is 5. The minimum Gasteiger partial charge on any atom is -0.309 e. The van der Waals surface area contributed by atoms with E-state index in [1.54, 1.807) is 0 Å². The van der Waals surface area contributed by atoms with E-state index in [9.17, 15) is 0 Å². The van der Waals surface area contributed by atoms with Crippen LogP contribution in [0.15, 0.2) is 182 Å². The molecule has 59 heavy (non-hydrogen) atoms. The summed E-state index contributed by atoms with van der Waals surface area (Å²) < 4.78 is 4.89. The fourth-order valence-electron chi connectivity index (χ4n) is 10.5. The van der Waals surface area contributed by atoms with Crippen LogP contribution in [0.5, 0.6) is 0 Å². The molecule has 10 aromatic rings. The molecule has 8 aromatic carbocycles. The number of hydrogen-bond donors (Lipinski definition) is 0. The van der Waals surface area contributed by atoms with Crippen molar-refractivity contribution in [3.63, 3.8) is 0 Å². The Bertz CT molecular complexity index is 3280. The first-order chi connectivity index (χ1) is 28.5. The van der Waals surface area contributed by atoms with Crippen LogP contribution in [0, 0.1) is 5.41 Å². The first-order valence-electron chi connectivity index (χ1n) is 21.0. The molecule has 286 valence electrons. The first kappa shape index (κ1) is 35.5. The average molecular weight is 761 g/mol. The summed E-state index contributed by atoms with van der Waals surface area (Å²) in [6.45, 7) is 14.6. The molecule has 0 atom stereocenters. The number of benzene rings is 8. The van der Waals surface area contributed by atoms with E-state index < -0.39 is 0 Å². The number of hydrogen-bond acceptors (Lipinski definition) is 0. The Labute approximate surface area is 347 Å². The lowest BCUT2D eigenvalue weighted by Crippen LogP contribution is -2.42. The van der Waals surface area contributed by atoms with E-state index in [2.05, 4.69) is 233 Å². The standard InChI is InChI=1S/C57H48N2/c1-55(2)49-23-15-22-44(54(49)56(3,4)57(55,5)6)38-26-30-42(31-27-38)58-50-24-12-10-20-45(50)47-32-28-40(35-52(47)58)41-29-33-48-46-21-11-13-25-51(46)59(53(48)36-41)43-19-14-18-39(34-43)37-16-8-7-9-17-37/h7-36H,1-6H3. The van der Waals surface area contributed by atoms with Crippen molar-refractivity contribution in [1.82, 2.24) is 9.13 Å². The summed E-state index contributed by atoms with van der Waals surface area (Å²) in [7, 11) is 0. The van der Waals surface area contributed by atoms with Crippen LogP contribution in [-0.4, -0.2) is 9.13 Å². The molecule has 1 aliphatic rings. The van der Waals surface area contributed by atoms with Crippen molar-refractivity contribution in [2.75, 3.05) is 0 Å². The molecule has 0 radical (unpaired) electrons. The van der Waals surface area contributed by atoms with Crippen LogP contribution in [0.4, 0.5) is 0 Å². The lowest BCUT2D eigenvalue weighted by atomic mass is 9.59. The topological polar surface area (TPSA) is 9.86 Å². The highest BCUT2D eigenvalue weighted by Crippen LogP contribution is 2.63. The van der Waals surface area contributed by atoms with Gasteiger partial charge in [0.15, 0.2) is 0 Å². The van der Waals surface area contributed by atoms with Crippen LogP contribution in [0.3, 0.4) is 0 Å². The van der Waals surface area contributed by atoms with E-state index >= 15 is 0 Å². The molecule has 0 amide bonds. The summed E-state index contributed by atoms with van der Waals surface area (Å²) in [5.41, 5.74) is 17.7. The van der Waals surface area contributed by atoms with Crippen molar-refractivity contribution in [3.05, 3.63) is 193 Å². The fourth-order valence-corrected chi connectivity index (χ4v) is 10.5. The monoisotopic (exact) mass is 760 g/mol. The van der Waals surface area contributed by atoms with Crippen LogP contribution in [-0.2, 0) is 10.8 Å². The minimum atomic E-state index is 0.0217. The molecule has 0 aliphatic heterocycles. The molecule has 0 fully saturated rings. The van der Waals surface area contributed by atoms with Crippen molar-refractivity contribution in [1.29, 1.82) is 0 Å². The van der Waals surface area contributed by atoms with E-state index in [-0.39, 0.29) is 16.2 Å². The van der Waals surface area contributed by atoms with Gasteiger partial charge in [-0.05, 0) is 109 Å². The molecular formula is C57H48N2. The highest BCUT2D eigenvalue weighted by molar-refractivity contribution is 6.12. The first-order valence-corrected chi connectivity index (χ1v) is 21.0. The van der Waals surface area contributed by atoms with Crippen molar-refractivity contribution in [2.45, 2.75) is 52.4 Å². The molecule has 1 aliphatic carbocycles. The Kier molecular flexibility index (Phi) is 7.63. The fraction of sp³-hybridized carbons (Fsp3) is 0.158. The van der Waals surface area contributed by atoms with Gasteiger partial charge in [0.2, 0.25) is 0 Å². The van der Waals surface area contributed by atoms with Gasteiger partial charge in [-0.25, -0.2) is 0 Å². The van der Waals surface area contributed by atoms with Gasteiger partial charge in [0.25, 0.3) is 0 Å². The lowest BCUT2D eigenvalue weighted by Gasteiger charge is -2.44. The van der Waals surface area contributed by atoms with Gasteiger partial charge in [-0.3, -0.25) is 0 Å². The minimum absolute atomic E-state index is 0.0217. The molecule has 2 heteroatoms. The molecule has 0 saturated heterocycles. The summed E-state index contributed by atoms with van der Waals surface area (Å²) >= 11 is 0.